The predicted octanol–water partition coefficient (Wildman–Crippen LogP) is 3.32. The van der Waals surface area contributed by atoms with Gasteiger partial charge in [0, 0.05) is 36.9 Å². The molecular formula is C16H18N6S. The highest BCUT2D eigenvalue weighted by Crippen LogP contribution is 2.19. The highest BCUT2D eigenvalue weighted by atomic mass is 32.1. The maximum atomic E-state index is 4.72. The minimum atomic E-state index is 0. The summed E-state index contributed by atoms with van der Waals surface area (Å²) in [4.78, 5) is 13.2. The maximum Gasteiger partial charge on any atom is 0.210 e. The van der Waals surface area contributed by atoms with Crippen LogP contribution in [0.3, 0.4) is 0 Å². The van der Waals surface area contributed by atoms with Gasteiger partial charge < -0.3 is 4.57 Å². The van der Waals surface area contributed by atoms with Crippen LogP contribution in [0.15, 0.2) is 42.3 Å². The second kappa shape index (κ2) is 6.29. The summed E-state index contributed by atoms with van der Waals surface area (Å²) >= 11 is 1.57. The van der Waals surface area contributed by atoms with Gasteiger partial charge in [-0.05, 0) is 19.1 Å². The van der Waals surface area contributed by atoms with Gasteiger partial charge in [0.2, 0.25) is 5.13 Å². The molecule has 0 spiro atoms. The summed E-state index contributed by atoms with van der Waals surface area (Å²) in [6, 6.07) is 4.02. The Morgan fingerprint density at radius 2 is 2.09 bits per heavy atom. The number of pyridine rings is 1. The number of thiazole rings is 1. The Morgan fingerprint density at radius 1 is 1.17 bits per heavy atom. The third-order valence-corrected chi connectivity index (χ3v) is 4.35. The molecule has 4 aromatic rings. The molecule has 0 aliphatic rings. The van der Waals surface area contributed by atoms with Gasteiger partial charge in [-0.15, -0.1) is 11.3 Å². The third kappa shape index (κ3) is 2.63. The fraction of sp³-hybridized carbons (Fsp3) is 0.250. The van der Waals surface area contributed by atoms with Crippen LogP contribution in [0.1, 0.15) is 25.9 Å². The smallest absolute Gasteiger partial charge is 0.210 e. The average Bonchev–Trinajstić information content (AvgIpc) is 3.26. The molecule has 4 rings (SSSR count). The van der Waals surface area contributed by atoms with E-state index in [1.54, 1.807) is 29.9 Å². The van der Waals surface area contributed by atoms with Crippen molar-refractivity contribution in [2.24, 2.45) is 0 Å². The molecule has 23 heavy (non-hydrogen) atoms. The molecule has 0 saturated heterocycles. The first-order valence-electron chi connectivity index (χ1n) is 7.08. The second-order valence-electron chi connectivity index (χ2n) is 4.86. The molecule has 0 saturated carbocycles. The minimum Gasteiger partial charge on any atom is -0.328 e. The van der Waals surface area contributed by atoms with Crippen molar-refractivity contribution in [3.05, 3.63) is 53.8 Å². The predicted molar refractivity (Wildman–Crippen MR) is 92.0 cm³/mol. The van der Waals surface area contributed by atoms with E-state index >= 15 is 0 Å². The molecule has 0 amide bonds. The zero-order valence-corrected chi connectivity index (χ0v) is 12.9. The summed E-state index contributed by atoms with van der Waals surface area (Å²) in [6.07, 6.45) is 7.92. The Hall–Kier alpha value is -2.54. The molecule has 0 aliphatic carbocycles. The van der Waals surface area contributed by atoms with Crippen molar-refractivity contribution in [3.8, 4) is 5.13 Å². The molecule has 0 N–H and O–H groups in total. The van der Waals surface area contributed by atoms with Gasteiger partial charge in [-0.2, -0.15) is 5.10 Å². The molecule has 118 valence electrons. The van der Waals surface area contributed by atoms with Gasteiger partial charge >= 0.3 is 0 Å². The van der Waals surface area contributed by atoms with E-state index in [4.69, 9.17) is 4.98 Å². The fourth-order valence-corrected chi connectivity index (χ4v) is 3.27. The SMILES string of the molecule is C.CCn1c(Cc2ccnn2-c2nccs2)nc2cnccc21. The van der Waals surface area contributed by atoms with E-state index in [-0.39, 0.29) is 7.43 Å². The van der Waals surface area contributed by atoms with Crippen LogP contribution in [0.25, 0.3) is 16.2 Å². The van der Waals surface area contributed by atoms with Gasteiger partial charge in [-0.3, -0.25) is 4.98 Å². The summed E-state index contributed by atoms with van der Waals surface area (Å²) in [5, 5.41) is 7.21. The van der Waals surface area contributed by atoms with Crippen LogP contribution in [0.2, 0.25) is 0 Å². The van der Waals surface area contributed by atoms with Gasteiger partial charge in [-0.25, -0.2) is 14.6 Å². The van der Waals surface area contributed by atoms with Crippen molar-refractivity contribution >= 4 is 22.4 Å². The first-order valence-corrected chi connectivity index (χ1v) is 7.96. The molecule has 0 atom stereocenters. The van der Waals surface area contributed by atoms with Crippen molar-refractivity contribution in [1.29, 1.82) is 0 Å². The maximum absolute atomic E-state index is 4.72. The Bertz CT molecular complexity index is 906. The van der Waals surface area contributed by atoms with Crippen LogP contribution in [-0.4, -0.2) is 29.3 Å². The van der Waals surface area contributed by atoms with Crippen LogP contribution in [-0.2, 0) is 13.0 Å². The number of aromatic nitrogens is 6. The van der Waals surface area contributed by atoms with E-state index in [2.05, 4.69) is 26.6 Å². The van der Waals surface area contributed by atoms with Gasteiger partial charge in [0.25, 0.3) is 0 Å². The summed E-state index contributed by atoms with van der Waals surface area (Å²) in [6.45, 7) is 3.00. The molecule has 0 fully saturated rings. The molecule has 0 bridgehead atoms. The largest absolute Gasteiger partial charge is 0.328 e. The Morgan fingerprint density at radius 3 is 2.87 bits per heavy atom. The zero-order valence-electron chi connectivity index (χ0n) is 12.0. The molecule has 4 heterocycles. The first-order chi connectivity index (χ1) is 10.9. The van der Waals surface area contributed by atoms with Crippen LogP contribution in [0.4, 0.5) is 0 Å². The van der Waals surface area contributed by atoms with Gasteiger partial charge in [0.05, 0.1) is 17.4 Å². The molecular weight excluding hydrogens is 308 g/mol. The molecule has 0 unspecified atom stereocenters. The fourth-order valence-electron chi connectivity index (χ4n) is 2.64. The lowest BCUT2D eigenvalue weighted by atomic mass is 10.3. The highest BCUT2D eigenvalue weighted by molar-refractivity contribution is 7.12. The number of aryl methyl sites for hydroxylation is 1. The van der Waals surface area contributed by atoms with Gasteiger partial charge in [0.1, 0.15) is 11.3 Å². The molecule has 0 aliphatic heterocycles. The molecule has 0 radical (unpaired) electrons. The second-order valence-corrected chi connectivity index (χ2v) is 5.74. The minimum absolute atomic E-state index is 0. The Kier molecular flexibility index (Phi) is 4.20. The van der Waals surface area contributed by atoms with Crippen LogP contribution >= 0.6 is 11.3 Å². The number of imidazole rings is 1. The number of hydrogen-bond donors (Lipinski definition) is 0. The molecule has 4 aromatic heterocycles. The van der Waals surface area contributed by atoms with E-state index in [9.17, 15) is 0 Å². The van der Waals surface area contributed by atoms with E-state index in [1.807, 2.05) is 28.4 Å². The lowest BCUT2D eigenvalue weighted by Gasteiger charge is -2.07. The summed E-state index contributed by atoms with van der Waals surface area (Å²) < 4.78 is 4.10. The van der Waals surface area contributed by atoms with E-state index in [1.165, 1.54) is 0 Å². The molecule has 0 aromatic carbocycles. The lowest BCUT2D eigenvalue weighted by Crippen LogP contribution is -2.07. The normalized spacial score (nSPS) is 10.8. The standard InChI is InChI=1S/C15H14N6S.CH4/c1-2-20-13-4-5-16-10-12(13)19-14(20)9-11-3-6-18-21(11)15-17-7-8-22-15;/h3-8,10H,2,9H2,1H3;1H4. The van der Waals surface area contributed by atoms with E-state index < -0.39 is 0 Å². The van der Waals surface area contributed by atoms with Crippen molar-refractivity contribution in [2.45, 2.75) is 27.3 Å². The van der Waals surface area contributed by atoms with Crippen molar-refractivity contribution in [1.82, 2.24) is 29.3 Å². The number of rotatable bonds is 4. The van der Waals surface area contributed by atoms with Crippen molar-refractivity contribution in [2.75, 3.05) is 0 Å². The van der Waals surface area contributed by atoms with Crippen LogP contribution in [0, 0.1) is 0 Å². The van der Waals surface area contributed by atoms with Gasteiger partial charge in [0.15, 0.2) is 0 Å². The van der Waals surface area contributed by atoms with Gasteiger partial charge in [-0.1, -0.05) is 7.43 Å². The van der Waals surface area contributed by atoms with Crippen LogP contribution in [0.5, 0.6) is 0 Å². The quantitative estimate of drug-likeness (QED) is 0.577. The summed E-state index contributed by atoms with van der Waals surface area (Å²) in [5.74, 6) is 1.02. The lowest BCUT2D eigenvalue weighted by molar-refractivity contribution is 0.714. The average molecular weight is 326 g/mol. The topological polar surface area (TPSA) is 61.4 Å². The van der Waals surface area contributed by atoms with E-state index in [0.717, 1.165) is 34.2 Å². The highest BCUT2D eigenvalue weighted by Gasteiger charge is 2.14. The van der Waals surface area contributed by atoms with E-state index in [0.29, 0.717) is 6.42 Å². The Labute approximate surface area is 138 Å². The van der Waals surface area contributed by atoms with Crippen LogP contribution < -0.4 is 0 Å². The summed E-state index contributed by atoms with van der Waals surface area (Å²) in [7, 11) is 0. The molecule has 7 heteroatoms. The third-order valence-electron chi connectivity index (χ3n) is 3.61. The number of fused-ring (bicyclic) bond motifs is 1. The zero-order chi connectivity index (χ0) is 14.9. The first kappa shape index (κ1) is 15.4. The number of nitrogens with zero attached hydrogens (tertiary/aromatic N) is 6. The van der Waals surface area contributed by atoms with Crippen molar-refractivity contribution in [3.63, 3.8) is 0 Å². The van der Waals surface area contributed by atoms with Crippen molar-refractivity contribution < 1.29 is 0 Å². The summed E-state index contributed by atoms with van der Waals surface area (Å²) in [5.41, 5.74) is 3.13. The number of hydrogen-bond acceptors (Lipinski definition) is 5. The monoisotopic (exact) mass is 326 g/mol. The molecule has 6 nitrogen and oxygen atoms in total. The Balaban J connectivity index is 0.00000156.